The molecule has 0 aliphatic carbocycles. The molecule has 0 aromatic heterocycles. The molecule has 0 amide bonds. The van der Waals surface area contributed by atoms with Crippen LogP contribution in [0.5, 0.6) is 0 Å². The molecule has 0 aliphatic heterocycles. The van der Waals surface area contributed by atoms with Crippen LogP contribution in [0.15, 0.2) is 17.0 Å². The van der Waals surface area contributed by atoms with E-state index >= 15 is 0 Å². The summed E-state index contributed by atoms with van der Waals surface area (Å²) in [6.07, 6.45) is 0. The van der Waals surface area contributed by atoms with Crippen molar-refractivity contribution >= 4 is 33.4 Å². The van der Waals surface area contributed by atoms with Gasteiger partial charge in [0, 0.05) is 0 Å². The fourth-order valence-electron chi connectivity index (χ4n) is 0.755. The average Bonchev–Trinajstić information content (AvgIpc) is 1.94. The number of rotatable bonds is 1. The fourth-order valence-corrected chi connectivity index (χ4v) is 2.05. The average molecular weight is 291 g/mol. The van der Waals surface area contributed by atoms with Crippen LogP contribution < -0.4 is 0 Å². The Bertz CT molecular complexity index is 401. The van der Waals surface area contributed by atoms with Crippen LogP contribution in [0.2, 0.25) is 10.0 Å². The highest BCUT2D eigenvalue weighted by molar-refractivity contribution is 8.45. The Kier molecular flexibility index (Phi) is 2.30. The minimum absolute atomic E-state index is 0.190. The van der Waals surface area contributed by atoms with E-state index in [2.05, 4.69) is 0 Å². The Labute approximate surface area is 90.5 Å². The van der Waals surface area contributed by atoms with Crippen LogP contribution in [0.4, 0.5) is 23.8 Å². The van der Waals surface area contributed by atoms with Crippen molar-refractivity contribution in [1.82, 2.24) is 0 Å². The molecule has 0 aliphatic rings. The highest BCUT2D eigenvalue weighted by Crippen LogP contribution is 3.02. The predicted molar refractivity (Wildman–Crippen MR) is 47.8 cm³/mol. The molecule has 0 atom stereocenters. The number of halogens is 8. The molecule has 1 aromatic rings. The second kappa shape index (κ2) is 2.70. The van der Waals surface area contributed by atoms with Crippen LogP contribution in [-0.4, -0.2) is 0 Å². The Morgan fingerprint density at radius 1 is 0.867 bits per heavy atom. The summed E-state index contributed by atoms with van der Waals surface area (Å²) < 4.78 is 73.7. The molecule has 0 nitrogen and oxygen atoms in total. The fraction of sp³-hybridized carbons (Fsp3) is 0. The normalized spacial score (nSPS) is 17.1. The van der Waals surface area contributed by atoms with Crippen molar-refractivity contribution in [2.24, 2.45) is 0 Å². The lowest BCUT2D eigenvalue weighted by Gasteiger charge is -2.40. The Hall–Kier alpha value is -0.270. The summed E-state index contributed by atoms with van der Waals surface area (Å²) in [6, 6.07) is -0.380. The van der Waals surface area contributed by atoms with Crippen molar-refractivity contribution in [2.45, 2.75) is 4.90 Å². The smallest absolute Gasteiger partial charge is 0.204 e. The van der Waals surface area contributed by atoms with Gasteiger partial charge in [0.15, 0.2) is 5.82 Å². The molecular weight excluding hydrogens is 289 g/mol. The van der Waals surface area contributed by atoms with Gasteiger partial charge in [-0.3, -0.25) is 0 Å². The van der Waals surface area contributed by atoms with Gasteiger partial charge in [-0.25, -0.2) is 4.39 Å². The first-order valence-corrected chi connectivity index (χ1v) is 5.90. The van der Waals surface area contributed by atoms with Crippen LogP contribution in [0.1, 0.15) is 0 Å². The first-order chi connectivity index (χ1) is 6.31. The SMILES string of the molecule is Fc1c(Cl)cc(S(F)(F)(F)(F)F)cc1Cl. The molecule has 88 valence electrons. The van der Waals surface area contributed by atoms with Crippen molar-refractivity contribution in [1.29, 1.82) is 0 Å². The highest BCUT2D eigenvalue weighted by atomic mass is 35.5. The van der Waals surface area contributed by atoms with E-state index in [1.54, 1.807) is 0 Å². The summed E-state index contributed by atoms with van der Waals surface area (Å²) in [5.74, 6) is -1.37. The van der Waals surface area contributed by atoms with Crippen LogP contribution in [0.25, 0.3) is 0 Å². The van der Waals surface area contributed by atoms with Gasteiger partial charge in [-0.1, -0.05) is 42.6 Å². The largest absolute Gasteiger partial charge is 0.310 e. The highest BCUT2D eigenvalue weighted by Gasteiger charge is 2.65. The summed E-state index contributed by atoms with van der Waals surface area (Å²) >= 11 is 9.95. The van der Waals surface area contributed by atoms with Gasteiger partial charge in [-0.2, -0.15) is 0 Å². The van der Waals surface area contributed by atoms with E-state index in [9.17, 15) is 23.8 Å². The zero-order valence-corrected chi connectivity index (χ0v) is 8.92. The third kappa shape index (κ3) is 2.85. The Balaban J connectivity index is 3.58. The second-order valence-corrected chi connectivity index (χ2v) is 5.89. The summed E-state index contributed by atoms with van der Waals surface area (Å²) in [7, 11) is -9.86. The lowest BCUT2D eigenvalue weighted by atomic mass is 10.3. The topological polar surface area (TPSA) is 0 Å². The maximum atomic E-state index is 12.7. The lowest BCUT2D eigenvalue weighted by molar-refractivity contribution is 0.364. The minimum atomic E-state index is -9.86. The Morgan fingerprint density at radius 2 is 1.20 bits per heavy atom. The third-order valence-electron chi connectivity index (χ3n) is 1.40. The van der Waals surface area contributed by atoms with Gasteiger partial charge in [0.25, 0.3) is 0 Å². The summed E-state index contributed by atoms with van der Waals surface area (Å²) in [6.45, 7) is 0. The summed E-state index contributed by atoms with van der Waals surface area (Å²) in [5, 5.41) is -2.21. The second-order valence-electron chi connectivity index (χ2n) is 2.67. The monoisotopic (exact) mass is 290 g/mol. The van der Waals surface area contributed by atoms with Crippen molar-refractivity contribution in [3.8, 4) is 0 Å². The van der Waals surface area contributed by atoms with E-state index in [0.717, 1.165) is 0 Å². The predicted octanol–water partition coefficient (Wildman–Crippen LogP) is 5.79. The van der Waals surface area contributed by atoms with Crippen molar-refractivity contribution in [2.75, 3.05) is 0 Å². The molecule has 0 unspecified atom stereocenters. The van der Waals surface area contributed by atoms with Crippen molar-refractivity contribution in [3.05, 3.63) is 28.0 Å². The standard InChI is InChI=1S/C6H2Cl2F6S/c7-4-1-3(2-5(8)6(4)9)15(10,11,12,13)14/h1-2H. The third-order valence-corrected chi connectivity index (χ3v) is 3.08. The van der Waals surface area contributed by atoms with Gasteiger partial charge in [0.2, 0.25) is 0 Å². The van der Waals surface area contributed by atoms with Crippen LogP contribution >= 0.6 is 33.4 Å². The molecular formula is C6H2Cl2F6S. The van der Waals surface area contributed by atoms with Crippen molar-refractivity contribution < 1.29 is 23.8 Å². The molecule has 0 N–H and O–H groups in total. The molecule has 0 spiro atoms. The van der Waals surface area contributed by atoms with Gasteiger partial charge in [-0.15, -0.1) is 0 Å². The number of benzene rings is 1. The van der Waals surface area contributed by atoms with Crippen LogP contribution in [-0.2, 0) is 0 Å². The zero-order chi connectivity index (χ0) is 12.1. The van der Waals surface area contributed by atoms with Gasteiger partial charge in [-0.05, 0) is 12.1 Å². The quantitative estimate of drug-likeness (QED) is 0.454. The number of hydrogen-bond donors (Lipinski definition) is 0. The molecule has 0 saturated heterocycles. The molecule has 1 rings (SSSR count). The summed E-state index contributed by atoms with van der Waals surface area (Å²) in [5.41, 5.74) is 0. The molecule has 1 aromatic carbocycles. The van der Waals surface area contributed by atoms with Gasteiger partial charge >= 0.3 is 10.2 Å². The number of hydrogen-bond acceptors (Lipinski definition) is 0. The molecule has 15 heavy (non-hydrogen) atoms. The van der Waals surface area contributed by atoms with Gasteiger partial charge in [0.05, 0.1) is 10.0 Å². The first kappa shape index (κ1) is 12.8. The van der Waals surface area contributed by atoms with E-state index in [4.69, 9.17) is 23.2 Å². The first-order valence-electron chi connectivity index (χ1n) is 3.20. The van der Waals surface area contributed by atoms with E-state index in [-0.39, 0.29) is 12.1 Å². The van der Waals surface area contributed by atoms with E-state index in [1.807, 2.05) is 0 Å². The van der Waals surface area contributed by atoms with E-state index in [0.29, 0.717) is 0 Å². The zero-order valence-electron chi connectivity index (χ0n) is 6.59. The van der Waals surface area contributed by atoms with E-state index < -0.39 is 31.0 Å². The lowest BCUT2D eigenvalue weighted by Crippen LogP contribution is -2.06. The van der Waals surface area contributed by atoms with Gasteiger partial charge in [0.1, 0.15) is 4.90 Å². The molecule has 0 bridgehead atoms. The maximum absolute atomic E-state index is 12.7. The molecule has 0 saturated carbocycles. The summed E-state index contributed by atoms with van der Waals surface area (Å²) in [4.78, 5) is -2.31. The molecule has 0 radical (unpaired) electrons. The van der Waals surface area contributed by atoms with E-state index in [1.165, 1.54) is 0 Å². The van der Waals surface area contributed by atoms with Crippen LogP contribution in [0.3, 0.4) is 0 Å². The maximum Gasteiger partial charge on any atom is 0.310 e. The van der Waals surface area contributed by atoms with Crippen LogP contribution in [0, 0.1) is 5.82 Å². The molecule has 0 fully saturated rings. The van der Waals surface area contributed by atoms with Gasteiger partial charge < -0.3 is 0 Å². The van der Waals surface area contributed by atoms with Crippen molar-refractivity contribution in [3.63, 3.8) is 0 Å². The molecule has 0 heterocycles. The minimum Gasteiger partial charge on any atom is -0.204 e. The Morgan fingerprint density at radius 3 is 1.47 bits per heavy atom. The molecule has 9 heteroatoms.